The van der Waals surface area contributed by atoms with Crippen molar-refractivity contribution in [2.45, 2.75) is 6.92 Å². The second kappa shape index (κ2) is 4.99. The molecule has 0 unspecified atom stereocenters. The highest BCUT2D eigenvalue weighted by molar-refractivity contribution is 5.95. The third kappa shape index (κ3) is 2.85. The van der Waals surface area contributed by atoms with E-state index in [1.54, 1.807) is 18.2 Å². The minimum absolute atomic E-state index is 0.0789. The van der Waals surface area contributed by atoms with Crippen LogP contribution in [0.4, 0.5) is 0 Å². The second-order valence-corrected chi connectivity index (χ2v) is 3.09. The summed E-state index contributed by atoms with van der Waals surface area (Å²) in [4.78, 5) is 21.7. The Hall–Kier alpha value is -2.28. The number of amides is 1. The first-order chi connectivity index (χ1) is 7.54. The number of methoxy groups -OCH3 is 1. The molecule has 1 aromatic rings. The van der Waals surface area contributed by atoms with Gasteiger partial charge in [-0.3, -0.25) is 9.59 Å². The van der Waals surface area contributed by atoms with Crippen LogP contribution in [-0.2, 0) is 4.79 Å². The molecule has 0 aromatic heterocycles. The van der Waals surface area contributed by atoms with Crippen molar-refractivity contribution in [3.05, 3.63) is 29.3 Å². The maximum atomic E-state index is 11.2. The Morgan fingerprint density at radius 1 is 1.38 bits per heavy atom. The summed E-state index contributed by atoms with van der Waals surface area (Å²) in [5.41, 5.74) is 5.88. The highest BCUT2D eigenvalue weighted by atomic mass is 16.5. The monoisotopic (exact) mass is 217 g/mol. The highest BCUT2D eigenvalue weighted by Gasteiger charge is 2.05. The molecule has 1 rings (SSSR count). The van der Waals surface area contributed by atoms with Crippen LogP contribution in [0.3, 0.4) is 0 Å². The average molecular weight is 217 g/mol. The molecule has 0 saturated heterocycles. The second-order valence-electron chi connectivity index (χ2n) is 3.09. The molecule has 16 heavy (non-hydrogen) atoms. The molecule has 1 amide bonds. The topological polar surface area (TPSA) is 69.4 Å². The van der Waals surface area contributed by atoms with E-state index in [4.69, 9.17) is 10.5 Å². The van der Waals surface area contributed by atoms with Gasteiger partial charge in [0.1, 0.15) is 5.75 Å². The number of benzene rings is 1. The third-order valence-electron chi connectivity index (χ3n) is 1.93. The van der Waals surface area contributed by atoms with Crippen molar-refractivity contribution >= 4 is 11.7 Å². The molecule has 0 aliphatic rings. The molecular weight excluding hydrogens is 206 g/mol. The van der Waals surface area contributed by atoms with Crippen LogP contribution in [0, 0.1) is 11.8 Å². The number of hydrogen-bond donors (Lipinski definition) is 1. The number of Topliss-reactive ketones (excluding diaryl/α,β-unsaturated/α-hetero) is 1. The van der Waals surface area contributed by atoms with Gasteiger partial charge in [-0.2, -0.15) is 0 Å². The molecule has 0 atom stereocenters. The van der Waals surface area contributed by atoms with Gasteiger partial charge in [-0.1, -0.05) is 5.92 Å². The normalized spacial score (nSPS) is 8.88. The van der Waals surface area contributed by atoms with E-state index in [0.29, 0.717) is 16.9 Å². The number of rotatable bonds is 2. The van der Waals surface area contributed by atoms with Gasteiger partial charge in [-0.05, 0) is 25.1 Å². The number of hydrogen-bond acceptors (Lipinski definition) is 3. The number of ether oxygens (including phenoxy) is 1. The van der Waals surface area contributed by atoms with Gasteiger partial charge < -0.3 is 10.5 Å². The lowest BCUT2D eigenvalue weighted by atomic mass is 10.1. The van der Waals surface area contributed by atoms with Crippen LogP contribution in [0.5, 0.6) is 5.75 Å². The van der Waals surface area contributed by atoms with Crippen LogP contribution >= 0.6 is 0 Å². The Balaban J connectivity index is 3.24. The van der Waals surface area contributed by atoms with Crippen LogP contribution in [0.15, 0.2) is 18.2 Å². The van der Waals surface area contributed by atoms with Gasteiger partial charge in [0.05, 0.1) is 12.7 Å². The minimum Gasteiger partial charge on any atom is -0.495 e. The number of primary amides is 1. The van der Waals surface area contributed by atoms with Gasteiger partial charge in [0.2, 0.25) is 0 Å². The Morgan fingerprint density at radius 3 is 2.56 bits per heavy atom. The fourth-order valence-electron chi connectivity index (χ4n) is 1.15. The van der Waals surface area contributed by atoms with E-state index >= 15 is 0 Å². The quantitative estimate of drug-likeness (QED) is 0.586. The molecule has 1 aromatic carbocycles. The first-order valence-corrected chi connectivity index (χ1v) is 4.55. The molecule has 0 radical (unpaired) electrons. The predicted octanol–water partition coefficient (Wildman–Crippen LogP) is 0.735. The molecule has 0 heterocycles. The van der Waals surface area contributed by atoms with E-state index in [0.717, 1.165) is 0 Å². The van der Waals surface area contributed by atoms with Crippen LogP contribution < -0.4 is 10.5 Å². The van der Waals surface area contributed by atoms with Gasteiger partial charge in [0, 0.05) is 11.5 Å². The standard InChI is InChI=1S/C12H11NO3/c1-8(14)9-3-5-11(16-2)10(7-9)4-6-12(13)15/h3,5,7H,1-2H3,(H2,13,15). The van der Waals surface area contributed by atoms with Crippen LogP contribution in [0.25, 0.3) is 0 Å². The molecule has 2 N–H and O–H groups in total. The first-order valence-electron chi connectivity index (χ1n) is 4.55. The molecule has 4 heteroatoms. The summed E-state index contributed by atoms with van der Waals surface area (Å²) in [5.74, 6) is 4.45. The van der Waals surface area contributed by atoms with Gasteiger partial charge in [-0.25, -0.2) is 0 Å². The Labute approximate surface area is 93.4 Å². The highest BCUT2D eigenvalue weighted by Crippen LogP contribution is 2.18. The fourth-order valence-corrected chi connectivity index (χ4v) is 1.15. The van der Waals surface area contributed by atoms with E-state index in [-0.39, 0.29) is 5.78 Å². The Morgan fingerprint density at radius 2 is 2.06 bits per heavy atom. The van der Waals surface area contributed by atoms with Crippen molar-refractivity contribution in [3.8, 4) is 17.6 Å². The van der Waals surface area contributed by atoms with Gasteiger partial charge in [0.15, 0.2) is 5.78 Å². The zero-order valence-electron chi connectivity index (χ0n) is 9.03. The van der Waals surface area contributed by atoms with Gasteiger partial charge >= 0.3 is 0 Å². The van der Waals surface area contributed by atoms with Crippen LogP contribution in [0.1, 0.15) is 22.8 Å². The van der Waals surface area contributed by atoms with E-state index in [1.165, 1.54) is 14.0 Å². The third-order valence-corrected chi connectivity index (χ3v) is 1.93. The first kappa shape index (κ1) is 11.8. The zero-order chi connectivity index (χ0) is 12.1. The maximum Gasteiger partial charge on any atom is 0.293 e. The number of nitrogens with two attached hydrogens (primary N) is 1. The van der Waals surface area contributed by atoms with Crippen molar-refractivity contribution in [1.82, 2.24) is 0 Å². The van der Waals surface area contributed by atoms with E-state index in [1.807, 2.05) is 0 Å². The van der Waals surface area contributed by atoms with Crippen molar-refractivity contribution in [3.63, 3.8) is 0 Å². The lowest BCUT2D eigenvalue weighted by molar-refractivity contribution is -0.112. The molecule has 0 spiro atoms. The molecule has 0 bridgehead atoms. The smallest absolute Gasteiger partial charge is 0.293 e. The zero-order valence-corrected chi connectivity index (χ0v) is 9.03. The van der Waals surface area contributed by atoms with E-state index in [9.17, 15) is 9.59 Å². The van der Waals surface area contributed by atoms with Crippen molar-refractivity contribution < 1.29 is 14.3 Å². The van der Waals surface area contributed by atoms with Crippen LogP contribution in [0.2, 0.25) is 0 Å². The maximum absolute atomic E-state index is 11.2. The summed E-state index contributed by atoms with van der Waals surface area (Å²) >= 11 is 0. The summed E-state index contributed by atoms with van der Waals surface area (Å²) in [5, 5.41) is 0. The average Bonchev–Trinajstić information content (AvgIpc) is 2.25. The van der Waals surface area contributed by atoms with E-state index < -0.39 is 5.91 Å². The van der Waals surface area contributed by atoms with Crippen molar-refractivity contribution in [1.29, 1.82) is 0 Å². The molecule has 0 fully saturated rings. The molecule has 82 valence electrons. The van der Waals surface area contributed by atoms with Crippen molar-refractivity contribution in [2.75, 3.05) is 7.11 Å². The number of ketones is 1. The lowest BCUT2D eigenvalue weighted by Gasteiger charge is -2.04. The van der Waals surface area contributed by atoms with Crippen LogP contribution in [-0.4, -0.2) is 18.8 Å². The largest absolute Gasteiger partial charge is 0.495 e. The summed E-state index contributed by atoms with van der Waals surface area (Å²) in [7, 11) is 1.48. The van der Waals surface area contributed by atoms with Crippen molar-refractivity contribution in [2.24, 2.45) is 5.73 Å². The number of carbonyl (C=O) groups is 2. The van der Waals surface area contributed by atoms with Gasteiger partial charge in [-0.15, -0.1) is 0 Å². The molecule has 0 aliphatic carbocycles. The summed E-state index contributed by atoms with van der Waals surface area (Å²) in [6.07, 6.45) is 0. The molecule has 0 aliphatic heterocycles. The molecule has 4 nitrogen and oxygen atoms in total. The molecule has 0 saturated carbocycles. The summed E-state index contributed by atoms with van der Waals surface area (Å²) < 4.78 is 5.05. The Kier molecular flexibility index (Phi) is 3.67. The SMILES string of the molecule is COc1ccc(C(C)=O)cc1C#CC(N)=O. The number of carbonyl (C=O) groups excluding carboxylic acids is 2. The molecular formula is C12H11NO3. The predicted molar refractivity (Wildman–Crippen MR) is 59.1 cm³/mol. The minimum atomic E-state index is -0.727. The summed E-state index contributed by atoms with van der Waals surface area (Å²) in [6.45, 7) is 1.45. The van der Waals surface area contributed by atoms with E-state index in [2.05, 4.69) is 11.8 Å². The van der Waals surface area contributed by atoms with Gasteiger partial charge in [0.25, 0.3) is 5.91 Å². The lowest BCUT2D eigenvalue weighted by Crippen LogP contribution is -2.06. The fraction of sp³-hybridized carbons (Fsp3) is 0.167. The Bertz CT molecular complexity index is 495. The summed E-state index contributed by atoms with van der Waals surface area (Å²) in [6, 6.07) is 4.83.